The molecule has 0 amide bonds. The standard InChI is InChI=1S/C14H10BrClO2/c1-18-13-8-10(15)5-6-12(13)14(17)9-3-2-4-11(16)7-9/h2-8H,1H3. The maximum absolute atomic E-state index is 12.3. The predicted octanol–water partition coefficient (Wildman–Crippen LogP) is 4.34. The first-order chi connectivity index (χ1) is 8.61. The molecule has 18 heavy (non-hydrogen) atoms. The minimum atomic E-state index is -0.109. The number of halogens is 2. The lowest BCUT2D eigenvalue weighted by molar-refractivity contribution is 0.103. The van der Waals surface area contributed by atoms with E-state index in [4.69, 9.17) is 16.3 Å². The second-order valence-corrected chi connectivity index (χ2v) is 5.04. The van der Waals surface area contributed by atoms with E-state index in [1.807, 2.05) is 0 Å². The number of hydrogen-bond donors (Lipinski definition) is 0. The first-order valence-electron chi connectivity index (χ1n) is 5.25. The van der Waals surface area contributed by atoms with Crippen molar-refractivity contribution in [1.29, 1.82) is 0 Å². The van der Waals surface area contributed by atoms with E-state index in [2.05, 4.69) is 15.9 Å². The van der Waals surface area contributed by atoms with Gasteiger partial charge in [-0.05, 0) is 30.3 Å². The highest BCUT2D eigenvalue weighted by Gasteiger charge is 2.14. The van der Waals surface area contributed by atoms with Crippen LogP contribution < -0.4 is 4.74 Å². The van der Waals surface area contributed by atoms with Crippen LogP contribution in [0.2, 0.25) is 5.02 Å². The van der Waals surface area contributed by atoms with E-state index in [1.54, 1.807) is 42.5 Å². The van der Waals surface area contributed by atoms with Crippen LogP contribution in [-0.2, 0) is 0 Å². The summed E-state index contributed by atoms with van der Waals surface area (Å²) in [6.45, 7) is 0. The summed E-state index contributed by atoms with van der Waals surface area (Å²) in [6.07, 6.45) is 0. The molecule has 0 saturated carbocycles. The minimum Gasteiger partial charge on any atom is -0.496 e. The molecule has 92 valence electrons. The maximum Gasteiger partial charge on any atom is 0.196 e. The first kappa shape index (κ1) is 13.1. The van der Waals surface area contributed by atoms with E-state index in [0.29, 0.717) is 21.9 Å². The lowest BCUT2D eigenvalue weighted by Crippen LogP contribution is -2.03. The molecule has 2 rings (SSSR count). The Morgan fingerprint density at radius 3 is 2.67 bits per heavy atom. The van der Waals surface area contributed by atoms with E-state index in [-0.39, 0.29) is 5.78 Å². The van der Waals surface area contributed by atoms with Gasteiger partial charge in [0, 0.05) is 15.1 Å². The Kier molecular flexibility index (Phi) is 4.04. The van der Waals surface area contributed by atoms with Crippen LogP contribution in [0, 0.1) is 0 Å². The second kappa shape index (κ2) is 5.55. The molecule has 0 radical (unpaired) electrons. The Labute approximate surface area is 119 Å². The minimum absolute atomic E-state index is 0.109. The molecule has 2 nitrogen and oxygen atoms in total. The van der Waals surface area contributed by atoms with Crippen LogP contribution in [0.3, 0.4) is 0 Å². The predicted molar refractivity (Wildman–Crippen MR) is 75.6 cm³/mol. The van der Waals surface area contributed by atoms with E-state index in [0.717, 1.165) is 4.47 Å². The summed E-state index contributed by atoms with van der Waals surface area (Å²) >= 11 is 9.23. The van der Waals surface area contributed by atoms with Crippen molar-refractivity contribution in [2.75, 3.05) is 7.11 Å². The van der Waals surface area contributed by atoms with Crippen molar-refractivity contribution in [2.24, 2.45) is 0 Å². The van der Waals surface area contributed by atoms with Gasteiger partial charge < -0.3 is 4.74 Å². The Hall–Kier alpha value is -1.32. The van der Waals surface area contributed by atoms with Gasteiger partial charge in [0.1, 0.15) is 5.75 Å². The molecule has 0 fully saturated rings. The number of rotatable bonds is 3. The highest BCUT2D eigenvalue weighted by molar-refractivity contribution is 9.10. The number of carbonyl (C=O) groups is 1. The van der Waals surface area contributed by atoms with Gasteiger partial charge in [-0.2, -0.15) is 0 Å². The largest absolute Gasteiger partial charge is 0.496 e. The van der Waals surface area contributed by atoms with E-state index < -0.39 is 0 Å². The van der Waals surface area contributed by atoms with Crippen LogP contribution in [-0.4, -0.2) is 12.9 Å². The van der Waals surface area contributed by atoms with Crippen LogP contribution in [0.5, 0.6) is 5.75 Å². The van der Waals surface area contributed by atoms with Crippen LogP contribution >= 0.6 is 27.5 Å². The smallest absolute Gasteiger partial charge is 0.196 e. The molecule has 0 N–H and O–H groups in total. The van der Waals surface area contributed by atoms with Crippen LogP contribution in [0.25, 0.3) is 0 Å². The van der Waals surface area contributed by atoms with E-state index >= 15 is 0 Å². The Balaban J connectivity index is 2.46. The molecule has 0 aliphatic carbocycles. The lowest BCUT2D eigenvalue weighted by atomic mass is 10.0. The monoisotopic (exact) mass is 324 g/mol. The van der Waals surface area contributed by atoms with Gasteiger partial charge in [-0.15, -0.1) is 0 Å². The molecular weight excluding hydrogens is 316 g/mol. The molecule has 0 aliphatic rings. The fourth-order valence-corrected chi connectivity index (χ4v) is 2.17. The number of ether oxygens (including phenoxy) is 1. The summed E-state index contributed by atoms with van der Waals surface area (Å²) in [4.78, 5) is 12.3. The van der Waals surface area contributed by atoms with Crippen molar-refractivity contribution < 1.29 is 9.53 Å². The molecule has 0 heterocycles. The zero-order chi connectivity index (χ0) is 13.1. The summed E-state index contributed by atoms with van der Waals surface area (Å²) in [5.74, 6) is 0.427. The van der Waals surface area contributed by atoms with Crippen molar-refractivity contribution in [3.63, 3.8) is 0 Å². The first-order valence-corrected chi connectivity index (χ1v) is 6.42. The van der Waals surface area contributed by atoms with E-state index in [1.165, 1.54) is 7.11 Å². The molecular formula is C14H10BrClO2. The zero-order valence-electron chi connectivity index (χ0n) is 9.61. The lowest BCUT2D eigenvalue weighted by Gasteiger charge is -2.08. The van der Waals surface area contributed by atoms with Crippen LogP contribution in [0.4, 0.5) is 0 Å². The van der Waals surface area contributed by atoms with E-state index in [9.17, 15) is 4.79 Å². The summed E-state index contributed by atoms with van der Waals surface area (Å²) in [7, 11) is 1.54. The van der Waals surface area contributed by atoms with Gasteiger partial charge in [-0.25, -0.2) is 0 Å². The van der Waals surface area contributed by atoms with Crippen molar-refractivity contribution in [3.05, 3.63) is 63.1 Å². The van der Waals surface area contributed by atoms with Gasteiger partial charge in [0.15, 0.2) is 5.78 Å². The van der Waals surface area contributed by atoms with Crippen LogP contribution in [0.1, 0.15) is 15.9 Å². The van der Waals surface area contributed by atoms with Gasteiger partial charge in [-0.1, -0.05) is 39.7 Å². The molecule has 0 bridgehead atoms. The molecule has 0 saturated heterocycles. The average Bonchev–Trinajstić information content (AvgIpc) is 2.37. The maximum atomic E-state index is 12.3. The van der Waals surface area contributed by atoms with Crippen LogP contribution in [0.15, 0.2) is 46.9 Å². The Morgan fingerprint density at radius 1 is 1.22 bits per heavy atom. The second-order valence-electron chi connectivity index (χ2n) is 3.68. The molecule has 2 aromatic rings. The summed E-state index contributed by atoms with van der Waals surface area (Å²) in [6, 6.07) is 12.2. The normalized spacial score (nSPS) is 10.2. The molecule has 0 spiro atoms. The Bertz CT molecular complexity index is 596. The Morgan fingerprint density at radius 2 is 2.00 bits per heavy atom. The molecule has 4 heteroatoms. The highest BCUT2D eigenvalue weighted by Crippen LogP contribution is 2.26. The van der Waals surface area contributed by atoms with Gasteiger partial charge in [0.2, 0.25) is 0 Å². The molecule has 0 aromatic heterocycles. The third-order valence-electron chi connectivity index (χ3n) is 2.50. The third kappa shape index (κ3) is 2.74. The third-order valence-corrected chi connectivity index (χ3v) is 3.22. The number of hydrogen-bond acceptors (Lipinski definition) is 2. The fraction of sp³-hybridized carbons (Fsp3) is 0.0714. The highest BCUT2D eigenvalue weighted by atomic mass is 79.9. The summed E-state index contributed by atoms with van der Waals surface area (Å²) < 4.78 is 6.08. The summed E-state index contributed by atoms with van der Waals surface area (Å²) in [5, 5.41) is 0.539. The number of benzene rings is 2. The van der Waals surface area contributed by atoms with Crippen molar-refractivity contribution in [1.82, 2.24) is 0 Å². The van der Waals surface area contributed by atoms with Crippen molar-refractivity contribution in [2.45, 2.75) is 0 Å². The molecule has 2 aromatic carbocycles. The SMILES string of the molecule is COc1cc(Br)ccc1C(=O)c1cccc(Cl)c1. The van der Waals surface area contributed by atoms with Gasteiger partial charge in [-0.3, -0.25) is 4.79 Å². The number of methoxy groups -OCH3 is 1. The van der Waals surface area contributed by atoms with Crippen molar-refractivity contribution in [3.8, 4) is 5.75 Å². The van der Waals surface area contributed by atoms with Gasteiger partial charge in [0.25, 0.3) is 0 Å². The number of carbonyl (C=O) groups excluding carboxylic acids is 1. The van der Waals surface area contributed by atoms with Gasteiger partial charge >= 0.3 is 0 Å². The van der Waals surface area contributed by atoms with Gasteiger partial charge in [0.05, 0.1) is 12.7 Å². The van der Waals surface area contributed by atoms with Crippen molar-refractivity contribution >= 4 is 33.3 Å². The molecule has 0 aliphatic heterocycles. The topological polar surface area (TPSA) is 26.3 Å². The quantitative estimate of drug-likeness (QED) is 0.785. The fourth-order valence-electron chi connectivity index (χ4n) is 1.64. The summed E-state index contributed by atoms with van der Waals surface area (Å²) in [5.41, 5.74) is 1.06. The molecule has 0 unspecified atom stereocenters. The average molecular weight is 326 g/mol. The zero-order valence-corrected chi connectivity index (χ0v) is 12.0. The number of ketones is 1. The molecule has 0 atom stereocenters.